The zero-order valence-corrected chi connectivity index (χ0v) is 12.5. The lowest BCUT2D eigenvalue weighted by molar-refractivity contribution is -0.158. The molecule has 1 saturated heterocycles. The Bertz CT molecular complexity index is 378. The van der Waals surface area contributed by atoms with Gasteiger partial charge in [0.2, 0.25) is 11.8 Å². The molecule has 0 radical (unpaired) electrons. The number of rotatable bonds is 2. The third kappa shape index (κ3) is 2.49. The van der Waals surface area contributed by atoms with Crippen LogP contribution in [0.1, 0.15) is 59.8 Å². The molecule has 0 spiro atoms. The van der Waals surface area contributed by atoms with E-state index in [0.717, 1.165) is 19.3 Å². The van der Waals surface area contributed by atoms with E-state index in [9.17, 15) is 9.59 Å². The maximum Gasteiger partial charge on any atom is 0.248 e. The van der Waals surface area contributed by atoms with Crippen LogP contribution < -0.4 is 5.32 Å². The fourth-order valence-electron chi connectivity index (χ4n) is 3.51. The van der Waals surface area contributed by atoms with Crippen LogP contribution in [-0.2, 0) is 9.59 Å². The molecule has 1 N–H and O–H groups in total. The Kier molecular flexibility index (Phi) is 3.88. The second-order valence-corrected chi connectivity index (χ2v) is 6.58. The average molecular weight is 266 g/mol. The van der Waals surface area contributed by atoms with Gasteiger partial charge in [-0.05, 0) is 39.0 Å². The van der Waals surface area contributed by atoms with Gasteiger partial charge in [0.1, 0.15) is 11.6 Å². The molecule has 1 aliphatic heterocycles. The summed E-state index contributed by atoms with van der Waals surface area (Å²) < 4.78 is 0. The SMILES string of the molecule is CCC1C(=O)NC(C)(C)C(=O)N1C1CCCCC1C. The molecule has 0 aromatic rings. The number of piperazine rings is 1. The minimum absolute atomic E-state index is 0.00451. The van der Waals surface area contributed by atoms with E-state index in [1.807, 2.05) is 11.8 Å². The predicted molar refractivity (Wildman–Crippen MR) is 74.6 cm³/mol. The lowest BCUT2D eigenvalue weighted by Crippen LogP contribution is -2.70. The minimum Gasteiger partial charge on any atom is -0.340 e. The second kappa shape index (κ2) is 5.14. The Labute approximate surface area is 115 Å². The van der Waals surface area contributed by atoms with Gasteiger partial charge in [-0.1, -0.05) is 26.7 Å². The highest BCUT2D eigenvalue weighted by Crippen LogP contribution is 2.33. The van der Waals surface area contributed by atoms with Crippen molar-refractivity contribution in [3.8, 4) is 0 Å². The Morgan fingerprint density at radius 3 is 2.47 bits per heavy atom. The summed E-state index contributed by atoms with van der Waals surface area (Å²) in [4.78, 5) is 26.9. The van der Waals surface area contributed by atoms with Crippen LogP contribution in [0.15, 0.2) is 0 Å². The zero-order chi connectivity index (χ0) is 14.2. The summed E-state index contributed by atoms with van der Waals surface area (Å²) in [6.07, 6.45) is 5.29. The molecule has 1 aliphatic carbocycles. The van der Waals surface area contributed by atoms with Gasteiger partial charge in [0.25, 0.3) is 0 Å². The summed E-state index contributed by atoms with van der Waals surface area (Å²) in [7, 11) is 0. The summed E-state index contributed by atoms with van der Waals surface area (Å²) in [6.45, 7) is 7.80. The van der Waals surface area contributed by atoms with Gasteiger partial charge in [-0.25, -0.2) is 0 Å². The van der Waals surface area contributed by atoms with Crippen LogP contribution >= 0.6 is 0 Å². The van der Waals surface area contributed by atoms with Gasteiger partial charge in [-0.3, -0.25) is 9.59 Å². The number of nitrogens with zero attached hydrogens (tertiary/aromatic N) is 1. The Morgan fingerprint density at radius 1 is 1.26 bits per heavy atom. The minimum atomic E-state index is -0.764. The fourth-order valence-corrected chi connectivity index (χ4v) is 3.51. The van der Waals surface area contributed by atoms with Crippen LogP contribution in [0, 0.1) is 5.92 Å². The molecule has 19 heavy (non-hydrogen) atoms. The van der Waals surface area contributed by atoms with Crippen molar-refractivity contribution in [2.75, 3.05) is 0 Å². The summed E-state index contributed by atoms with van der Waals surface area (Å²) in [5, 5.41) is 2.86. The molecular weight excluding hydrogens is 240 g/mol. The van der Waals surface area contributed by atoms with E-state index in [1.54, 1.807) is 13.8 Å². The number of hydrogen-bond acceptors (Lipinski definition) is 2. The lowest BCUT2D eigenvalue weighted by atomic mass is 9.82. The van der Waals surface area contributed by atoms with Crippen molar-refractivity contribution in [1.82, 2.24) is 10.2 Å². The Balaban J connectivity index is 2.31. The number of nitrogens with one attached hydrogen (secondary N) is 1. The van der Waals surface area contributed by atoms with Gasteiger partial charge in [0, 0.05) is 6.04 Å². The zero-order valence-electron chi connectivity index (χ0n) is 12.5. The predicted octanol–water partition coefficient (Wildman–Crippen LogP) is 2.08. The van der Waals surface area contributed by atoms with Gasteiger partial charge in [0.05, 0.1) is 0 Å². The van der Waals surface area contributed by atoms with Crippen molar-refractivity contribution in [2.24, 2.45) is 5.92 Å². The molecule has 3 unspecified atom stereocenters. The molecule has 2 aliphatic rings. The normalized spacial score (nSPS) is 35.2. The van der Waals surface area contributed by atoms with Crippen molar-refractivity contribution in [1.29, 1.82) is 0 Å². The maximum atomic E-state index is 12.7. The van der Waals surface area contributed by atoms with Crippen molar-refractivity contribution in [2.45, 2.75) is 77.4 Å². The maximum absolute atomic E-state index is 12.7. The van der Waals surface area contributed by atoms with Crippen molar-refractivity contribution >= 4 is 11.8 Å². The molecule has 2 fully saturated rings. The van der Waals surface area contributed by atoms with Crippen LogP contribution in [0.25, 0.3) is 0 Å². The number of carbonyl (C=O) groups excluding carboxylic acids is 2. The molecule has 1 saturated carbocycles. The second-order valence-electron chi connectivity index (χ2n) is 6.58. The van der Waals surface area contributed by atoms with Crippen molar-refractivity contribution < 1.29 is 9.59 Å². The highest BCUT2D eigenvalue weighted by Gasteiger charge is 2.48. The van der Waals surface area contributed by atoms with Gasteiger partial charge >= 0.3 is 0 Å². The highest BCUT2D eigenvalue weighted by molar-refractivity contribution is 5.99. The van der Waals surface area contributed by atoms with E-state index >= 15 is 0 Å². The molecule has 108 valence electrons. The molecule has 4 nitrogen and oxygen atoms in total. The third-order valence-corrected chi connectivity index (χ3v) is 4.65. The summed E-state index contributed by atoms with van der Waals surface area (Å²) in [5.41, 5.74) is -0.764. The first-order valence-corrected chi connectivity index (χ1v) is 7.53. The smallest absolute Gasteiger partial charge is 0.248 e. The molecule has 0 aromatic heterocycles. The Morgan fingerprint density at radius 2 is 1.89 bits per heavy atom. The fraction of sp³-hybridized carbons (Fsp3) is 0.867. The summed E-state index contributed by atoms with van der Waals surface area (Å²) in [6, 6.07) is -0.0531. The van der Waals surface area contributed by atoms with E-state index < -0.39 is 5.54 Å². The van der Waals surface area contributed by atoms with E-state index in [4.69, 9.17) is 0 Å². The highest BCUT2D eigenvalue weighted by atomic mass is 16.2. The van der Waals surface area contributed by atoms with Crippen LogP contribution in [0.5, 0.6) is 0 Å². The van der Waals surface area contributed by atoms with Gasteiger partial charge in [0.15, 0.2) is 0 Å². The number of hydrogen-bond donors (Lipinski definition) is 1. The van der Waals surface area contributed by atoms with E-state index in [0.29, 0.717) is 12.3 Å². The standard InChI is InChI=1S/C15H26N2O2/c1-5-11-13(18)16-15(3,4)14(19)17(11)12-9-7-6-8-10(12)2/h10-12H,5-9H2,1-4H3,(H,16,18). The average Bonchev–Trinajstić information content (AvgIpc) is 2.34. The first-order chi connectivity index (χ1) is 8.88. The molecule has 0 bridgehead atoms. The van der Waals surface area contributed by atoms with Crippen LogP contribution in [0.3, 0.4) is 0 Å². The molecule has 0 aromatic carbocycles. The lowest BCUT2D eigenvalue weighted by Gasteiger charge is -2.49. The van der Waals surface area contributed by atoms with E-state index in [-0.39, 0.29) is 23.9 Å². The first-order valence-electron chi connectivity index (χ1n) is 7.53. The number of amides is 2. The third-order valence-electron chi connectivity index (χ3n) is 4.65. The van der Waals surface area contributed by atoms with Crippen molar-refractivity contribution in [3.63, 3.8) is 0 Å². The number of carbonyl (C=O) groups is 2. The summed E-state index contributed by atoms with van der Waals surface area (Å²) in [5.74, 6) is 0.580. The topological polar surface area (TPSA) is 49.4 Å². The Hall–Kier alpha value is -1.06. The first kappa shape index (κ1) is 14.4. The van der Waals surface area contributed by atoms with Crippen LogP contribution in [0.2, 0.25) is 0 Å². The molecule has 2 amide bonds. The molecule has 3 atom stereocenters. The largest absolute Gasteiger partial charge is 0.340 e. The molecular formula is C15H26N2O2. The van der Waals surface area contributed by atoms with E-state index in [2.05, 4.69) is 12.2 Å². The van der Waals surface area contributed by atoms with Crippen LogP contribution in [0.4, 0.5) is 0 Å². The summed E-state index contributed by atoms with van der Waals surface area (Å²) >= 11 is 0. The quantitative estimate of drug-likeness (QED) is 0.832. The monoisotopic (exact) mass is 266 g/mol. The van der Waals surface area contributed by atoms with Crippen LogP contribution in [-0.4, -0.2) is 34.3 Å². The van der Waals surface area contributed by atoms with Gasteiger partial charge in [-0.15, -0.1) is 0 Å². The molecule has 4 heteroatoms. The van der Waals surface area contributed by atoms with Gasteiger partial charge in [-0.2, -0.15) is 0 Å². The van der Waals surface area contributed by atoms with E-state index in [1.165, 1.54) is 6.42 Å². The van der Waals surface area contributed by atoms with Crippen molar-refractivity contribution in [3.05, 3.63) is 0 Å². The molecule has 2 rings (SSSR count). The molecule has 1 heterocycles. The van der Waals surface area contributed by atoms with Gasteiger partial charge < -0.3 is 10.2 Å².